The van der Waals surface area contributed by atoms with Gasteiger partial charge >= 0.3 is 18.3 Å². The van der Waals surface area contributed by atoms with Crippen molar-refractivity contribution in [3.63, 3.8) is 0 Å². The predicted molar refractivity (Wildman–Crippen MR) is 72.1 cm³/mol. The van der Waals surface area contributed by atoms with Gasteiger partial charge in [0.25, 0.3) is 0 Å². The molecule has 0 heterocycles. The van der Waals surface area contributed by atoms with E-state index in [1.54, 1.807) is 0 Å². The molecule has 0 saturated carbocycles. The molecule has 0 spiro atoms. The first-order chi connectivity index (χ1) is 10.8. The van der Waals surface area contributed by atoms with Gasteiger partial charge in [-0.05, 0) is 19.1 Å². The zero-order chi connectivity index (χ0) is 18.9. The molecule has 2 atom stereocenters. The predicted octanol–water partition coefficient (Wildman–Crippen LogP) is 4.19. The standard InChI is InChI=1S/C13H11F8NO2.ClH/c1-2-24-11(23)9(15)10(22)8-6(13(19,20)21)3-5(4-7(8)14)12(16,17)18;/h3-4,9-10H,2,22H2,1H3;1H/t9?,10-;/m0./s1. The van der Waals surface area contributed by atoms with Crippen molar-refractivity contribution in [1.82, 2.24) is 0 Å². The van der Waals surface area contributed by atoms with Crippen molar-refractivity contribution >= 4 is 18.4 Å². The van der Waals surface area contributed by atoms with Gasteiger partial charge in [0.1, 0.15) is 5.82 Å². The van der Waals surface area contributed by atoms with Crippen LogP contribution in [0.5, 0.6) is 0 Å². The third-order valence-corrected chi connectivity index (χ3v) is 2.92. The van der Waals surface area contributed by atoms with Crippen molar-refractivity contribution in [2.24, 2.45) is 5.73 Å². The molecule has 0 aliphatic carbocycles. The number of hydrogen-bond donors (Lipinski definition) is 1. The number of carbonyl (C=O) groups is 1. The molecule has 12 heteroatoms. The zero-order valence-electron chi connectivity index (χ0n) is 12.3. The third kappa shape index (κ3) is 5.43. The quantitative estimate of drug-likeness (QED) is 0.608. The Hall–Kier alpha value is -1.62. The minimum atomic E-state index is -5.45. The highest BCUT2D eigenvalue weighted by molar-refractivity contribution is 5.85. The SMILES string of the molecule is CCOC(=O)C(F)[C@@H](N)c1c(F)cc(C(F)(F)F)cc1C(F)(F)F.Cl. The van der Waals surface area contributed by atoms with Gasteiger partial charge < -0.3 is 10.5 Å². The van der Waals surface area contributed by atoms with Crippen molar-refractivity contribution < 1.29 is 44.7 Å². The summed E-state index contributed by atoms with van der Waals surface area (Å²) >= 11 is 0. The smallest absolute Gasteiger partial charge is 0.416 e. The molecule has 0 fully saturated rings. The molecule has 144 valence electrons. The molecule has 2 N–H and O–H groups in total. The summed E-state index contributed by atoms with van der Waals surface area (Å²) in [5.41, 5.74) is -0.495. The third-order valence-electron chi connectivity index (χ3n) is 2.92. The lowest BCUT2D eigenvalue weighted by Crippen LogP contribution is -2.34. The van der Waals surface area contributed by atoms with E-state index in [2.05, 4.69) is 4.74 Å². The second-order valence-corrected chi connectivity index (χ2v) is 4.59. The maximum Gasteiger partial charge on any atom is 0.416 e. The number of alkyl halides is 7. The number of benzene rings is 1. The molecule has 1 aromatic carbocycles. The lowest BCUT2D eigenvalue weighted by molar-refractivity contribution is -0.151. The summed E-state index contributed by atoms with van der Waals surface area (Å²) in [7, 11) is 0. The van der Waals surface area contributed by atoms with Crippen LogP contribution in [0.4, 0.5) is 35.1 Å². The van der Waals surface area contributed by atoms with Gasteiger partial charge in [-0.3, -0.25) is 0 Å². The molecule has 0 radical (unpaired) electrons. The van der Waals surface area contributed by atoms with Gasteiger partial charge in [0.05, 0.1) is 23.8 Å². The van der Waals surface area contributed by atoms with E-state index >= 15 is 0 Å². The molecule has 25 heavy (non-hydrogen) atoms. The molecule has 0 aromatic heterocycles. The first kappa shape index (κ1) is 23.4. The van der Waals surface area contributed by atoms with Crippen LogP contribution in [0.1, 0.15) is 29.7 Å². The van der Waals surface area contributed by atoms with Gasteiger partial charge in [-0.2, -0.15) is 26.3 Å². The number of halogens is 9. The van der Waals surface area contributed by atoms with Gasteiger partial charge in [-0.25, -0.2) is 13.6 Å². The summed E-state index contributed by atoms with van der Waals surface area (Å²) in [5, 5.41) is 0. The van der Waals surface area contributed by atoms with E-state index in [0.717, 1.165) is 0 Å². The molecular weight excluding hydrogens is 390 g/mol. The summed E-state index contributed by atoms with van der Waals surface area (Å²) in [6, 6.07) is -3.14. The minimum Gasteiger partial charge on any atom is -0.464 e. The molecule has 0 saturated heterocycles. The molecule has 1 unspecified atom stereocenters. The van der Waals surface area contributed by atoms with E-state index in [0.29, 0.717) is 0 Å². The topological polar surface area (TPSA) is 52.3 Å². The van der Waals surface area contributed by atoms with Gasteiger partial charge in [-0.1, -0.05) is 0 Å². The number of rotatable bonds is 4. The van der Waals surface area contributed by atoms with Crippen LogP contribution in [-0.2, 0) is 21.9 Å². The summed E-state index contributed by atoms with van der Waals surface area (Å²) in [4.78, 5) is 11.2. The summed E-state index contributed by atoms with van der Waals surface area (Å²) in [5.74, 6) is -3.69. The molecular formula is C13H12ClF8NO2. The number of carbonyl (C=O) groups excluding carboxylic acids is 1. The van der Waals surface area contributed by atoms with E-state index in [4.69, 9.17) is 5.73 Å². The zero-order valence-corrected chi connectivity index (χ0v) is 13.2. The van der Waals surface area contributed by atoms with Crippen molar-refractivity contribution in [1.29, 1.82) is 0 Å². The van der Waals surface area contributed by atoms with Crippen LogP contribution in [0.3, 0.4) is 0 Å². The fourth-order valence-electron chi connectivity index (χ4n) is 1.87. The van der Waals surface area contributed by atoms with E-state index in [1.165, 1.54) is 6.92 Å². The highest BCUT2D eigenvalue weighted by Gasteiger charge is 2.43. The lowest BCUT2D eigenvalue weighted by atomic mass is 9.94. The van der Waals surface area contributed by atoms with E-state index in [1.807, 2.05) is 0 Å². The van der Waals surface area contributed by atoms with Gasteiger partial charge in [0.2, 0.25) is 6.17 Å². The monoisotopic (exact) mass is 401 g/mol. The second-order valence-electron chi connectivity index (χ2n) is 4.59. The molecule has 3 nitrogen and oxygen atoms in total. The highest BCUT2D eigenvalue weighted by atomic mass is 35.5. The van der Waals surface area contributed by atoms with Crippen LogP contribution in [-0.4, -0.2) is 18.7 Å². The largest absolute Gasteiger partial charge is 0.464 e. The molecule has 0 amide bonds. The van der Waals surface area contributed by atoms with Crippen LogP contribution >= 0.6 is 12.4 Å². The Bertz CT molecular complexity index is 617. The fraction of sp³-hybridized carbons (Fsp3) is 0.462. The van der Waals surface area contributed by atoms with E-state index in [-0.39, 0.29) is 25.1 Å². The van der Waals surface area contributed by atoms with Crippen LogP contribution in [0, 0.1) is 5.82 Å². The Kier molecular flexibility index (Phi) is 7.64. The highest BCUT2D eigenvalue weighted by Crippen LogP contribution is 2.41. The maximum absolute atomic E-state index is 13.8. The number of esters is 1. The lowest BCUT2D eigenvalue weighted by Gasteiger charge is -2.22. The van der Waals surface area contributed by atoms with Crippen molar-refractivity contribution in [3.8, 4) is 0 Å². The molecule has 0 bridgehead atoms. The summed E-state index contributed by atoms with van der Waals surface area (Å²) in [6.07, 6.45) is -13.6. The normalized spacial score (nSPS) is 14.5. The fourth-order valence-corrected chi connectivity index (χ4v) is 1.87. The Morgan fingerprint density at radius 2 is 1.68 bits per heavy atom. The average molecular weight is 402 g/mol. The summed E-state index contributed by atoms with van der Waals surface area (Å²) < 4.78 is 108. The molecule has 1 aromatic rings. The number of ether oxygens (including phenoxy) is 1. The van der Waals surface area contributed by atoms with Crippen LogP contribution < -0.4 is 5.73 Å². The van der Waals surface area contributed by atoms with Gasteiger partial charge in [-0.15, -0.1) is 12.4 Å². The van der Waals surface area contributed by atoms with Crippen molar-refractivity contribution in [2.45, 2.75) is 31.5 Å². The number of nitrogens with two attached hydrogens (primary N) is 1. The van der Waals surface area contributed by atoms with Crippen molar-refractivity contribution in [3.05, 3.63) is 34.6 Å². The summed E-state index contributed by atoms with van der Waals surface area (Å²) in [6.45, 7) is 0.948. The van der Waals surface area contributed by atoms with E-state index < -0.39 is 59.1 Å². The first-order valence-electron chi connectivity index (χ1n) is 6.34. The number of hydrogen-bond acceptors (Lipinski definition) is 3. The molecule has 0 aliphatic heterocycles. The van der Waals surface area contributed by atoms with Crippen LogP contribution in [0.25, 0.3) is 0 Å². The van der Waals surface area contributed by atoms with Crippen LogP contribution in [0.2, 0.25) is 0 Å². The van der Waals surface area contributed by atoms with Gasteiger partial charge in [0.15, 0.2) is 0 Å². The Balaban J connectivity index is 0.00000576. The van der Waals surface area contributed by atoms with Gasteiger partial charge in [0, 0.05) is 5.56 Å². The Labute approximate surface area is 142 Å². The average Bonchev–Trinajstić information content (AvgIpc) is 2.43. The van der Waals surface area contributed by atoms with Crippen molar-refractivity contribution in [2.75, 3.05) is 6.61 Å². The molecule has 1 rings (SSSR count). The molecule has 0 aliphatic rings. The minimum absolute atomic E-state index is 0. The Morgan fingerprint density at radius 3 is 2.08 bits per heavy atom. The Morgan fingerprint density at radius 1 is 1.16 bits per heavy atom. The first-order valence-corrected chi connectivity index (χ1v) is 6.34. The van der Waals surface area contributed by atoms with E-state index in [9.17, 15) is 39.9 Å². The second kappa shape index (κ2) is 8.17. The van der Waals surface area contributed by atoms with Crippen LogP contribution in [0.15, 0.2) is 12.1 Å². The maximum atomic E-state index is 13.8.